The van der Waals surface area contributed by atoms with Crippen molar-refractivity contribution in [3.8, 4) is 5.75 Å². The molecule has 1 aromatic carbocycles. The zero-order valence-corrected chi connectivity index (χ0v) is 19.9. The van der Waals surface area contributed by atoms with Crippen LogP contribution in [0, 0.1) is 6.92 Å². The third-order valence-electron chi connectivity index (χ3n) is 5.41. The molecule has 8 nitrogen and oxygen atoms in total. The van der Waals surface area contributed by atoms with Crippen LogP contribution in [-0.4, -0.2) is 54.6 Å². The van der Waals surface area contributed by atoms with Crippen LogP contribution in [0.3, 0.4) is 0 Å². The van der Waals surface area contributed by atoms with Crippen LogP contribution in [0.1, 0.15) is 29.8 Å². The van der Waals surface area contributed by atoms with Crippen molar-refractivity contribution in [2.45, 2.75) is 31.7 Å². The van der Waals surface area contributed by atoms with E-state index in [4.69, 9.17) is 9.47 Å². The predicted octanol–water partition coefficient (Wildman–Crippen LogP) is 2.16. The average molecular weight is 514 g/mol. The van der Waals surface area contributed by atoms with E-state index in [0.29, 0.717) is 6.54 Å². The molecule has 0 bridgehead atoms. The van der Waals surface area contributed by atoms with Gasteiger partial charge in [0, 0.05) is 44.8 Å². The second-order valence-corrected chi connectivity index (χ2v) is 7.18. The molecule has 1 aliphatic rings. The Kier molecular flexibility index (Phi) is 8.69. The van der Waals surface area contributed by atoms with E-state index in [1.54, 1.807) is 25.2 Å². The standard InChI is InChI=1S/C20H30N6O2.HI/c1-15-5-6-17(27-4)16(11-15)20(7-9-28-10-8-20)13-23-19(21-2)22-12-18-24-14-25-26(18)3;/h5-6,11,14H,7-10,12-13H2,1-4H3,(H2,21,22,23);1H. The number of nitrogens with one attached hydrogen (secondary N) is 2. The third kappa shape index (κ3) is 5.59. The molecule has 1 aliphatic heterocycles. The molecule has 0 spiro atoms. The second kappa shape index (κ2) is 10.8. The van der Waals surface area contributed by atoms with Gasteiger partial charge in [-0.15, -0.1) is 24.0 Å². The van der Waals surface area contributed by atoms with Gasteiger partial charge >= 0.3 is 0 Å². The summed E-state index contributed by atoms with van der Waals surface area (Å²) < 4.78 is 13.1. The van der Waals surface area contributed by atoms with E-state index in [2.05, 4.69) is 50.8 Å². The lowest BCUT2D eigenvalue weighted by Crippen LogP contribution is -2.48. The van der Waals surface area contributed by atoms with Crippen molar-refractivity contribution in [2.75, 3.05) is 33.9 Å². The van der Waals surface area contributed by atoms with Gasteiger partial charge < -0.3 is 20.1 Å². The summed E-state index contributed by atoms with van der Waals surface area (Å²) in [4.78, 5) is 8.60. The number of nitrogens with zero attached hydrogens (tertiary/aromatic N) is 4. The highest BCUT2D eigenvalue weighted by Gasteiger charge is 2.37. The smallest absolute Gasteiger partial charge is 0.191 e. The van der Waals surface area contributed by atoms with Gasteiger partial charge in [-0.2, -0.15) is 5.10 Å². The highest BCUT2D eigenvalue weighted by atomic mass is 127. The molecule has 2 aromatic rings. The zero-order chi connectivity index (χ0) is 20.0. The average Bonchev–Trinajstić information content (AvgIpc) is 3.13. The zero-order valence-electron chi connectivity index (χ0n) is 17.6. The summed E-state index contributed by atoms with van der Waals surface area (Å²) in [5.41, 5.74) is 2.39. The number of hydrogen-bond acceptors (Lipinski definition) is 5. The molecule has 0 atom stereocenters. The fourth-order valence-electron chi connectivity index (χ4n) is 3.66. The number of hydrogen-bond donors (Lipinski definition) is 2. The van der Waals surface area contributed by atoms with Gasteiger partial charge in [0.15, 0.2) is 5.96 Å². The summed E-state index contributed by atoms with van der Waals surface area (Å²) in [5.74, 6) is 2.51. The van der Waals surface area contributed by atoms with Crippen LogP contribution in [0.5, 0.6) is 5.75 Å². The lowest BCUT2D eigenvalue weighted by Gasteiger charge is -2.39. The van der Waals surface area contributed by atoms with Gasteiger partial charge in [0.25, 0.3) is 0 Å². The van der Waals surface area contributed by atoms with Crippen molar-refractivity contribution >= 4 is 29.9 Å². The topological polar surface area (TPSA) is 85.6 Å². The summed E-state index contributed by atoms with van der Waals surface area (Å²) in [6, 6.07) is 6.38. The van der Waals surface area contributed by atoms with Crippen LogP contribution in [0.4, 0.5) is 0 Å². The Hall–Kier alpha value is -1.88. The number of halogens is 1. The largest absolute Gasteiger partial charge is 0.496 e. The normalized spacial score (nSPS) is 16.1. The van der Waals surface area contributed by atoms with Gasteiger partial charge in [-0.05, 0) is 25.8 Å². The van der Waals surface area contributed by atoms with Crippen molar-refractivity contribution in [3.63, 3.8) is 0 Å². The maximum Gasteiger partial charge on any atom is 0.191 e. The van der Waals surface area contributed by atoms with Crippen LogP contribution in [0.15, 0.2) is 29.5 Å². The Bertz CT molecular complexity index is 817. The Labute approximate surface area is 189 Å². The van der Waals surface area contributed by atoms with E-state index in [1.165, 1.54) is 11.1 Å². The lowest BCUT2D eigenvalue weighted by molar-refractivity contribution is 0.0505. The maximum absolute atomic E-state index is 5.69. The van der Waals surface area contributed by atoms with E-state index in [-0.39, 0.29) is 29.4 Å². The fourth-order valence-corrected chi connectivity index (χ4v) is 3.66. The molecule has 29 heavy (non-hydrogen) atoms. The monoisotopic (exact) mass is 514 g/mol. The number of aryl methyl sites for hydroxylation is 2. The number of rotatable bonds is 6. The molecule has 160 valence electrons. The van der Waals surface area contributed by atoms with E-state index >= 15 is 0 Å². The van der Waals surface area contributed by atoms with E-state index < -0.39 is 0 Å². The van der Waals surface area contributed by atoms with Crippen molar-refractivity contribution in [3.05, 3.63) is 41.5 Å². The van der Waals surface area contributed by atoms with Gasteiger partial charge in [0.05, 0.1) is 13.7 Å². The predicted molar refractivity (Wildman–Crippen MR) is 124 cm³/mol. The van der Waals surface area contributed by atoms with Crippen LogP contribution in [-0.2, 0) is 23.7 Å². The number of guanidine groups is 1. The van der Waals surface area contributed by atoms with Gasteiger partial charge in [-0.1, -0.05) is 17.7 Å². The van der Waals surface area contributed by atoms with Crippen LogP contribution in [0.25, 0.3) is 0 Å². The molecule has 0 radical (unpaired) electrons. The van der Waals surface area contributed by atoms with Crippen LogP contribution in [0.2, 0.25) is 0 Å². The molecule has 1 aromatic heterocycles. The van der Waals surface area contributed by atoms with Crippen molar-refractivity contribution in [2.24, 2.45) is 12.0 Å². The van der Waals surface area contributed by atoms with Gasteiger partial charge in [-0.25, -0.2) is 4.98 Å². The Morgan fingerprint density at radius 1 is 1.31 bits per heavy atom. The third-order valence-corrected chi connectivity index (χ3v) is 5.41. The Balaban J connectivity index is 0.00000300. The summed E-state index contributed by atoms with van der Waals surface area (Å²) in [7, 11) is 5.38. The number of aromatic nitrogens is 3. The minimum Gasteiger partial charge on any atom is -0.496 e. The second-order valence-electron chi connectivity index (χ2n) is 7.18. The molecular formula is C20H31IN6O2. The van der Waals surface area contributed by atoms with Crippen LogP contribution < -0.4 is 15.4 Å². The fraction of sp³-hybridized carbons (Fsp3) is 0.550. The highest BCUT2D eigenvalue weighted by molar-refractivity contribution is 14.0. The van der Waals surface area contributed by atoms with Crippen LogP contribution >= 0.6 is 24.0 Å². The van der Waals surface area contributed by atoms with Gasteiger partial charge in [-0.3, -0.25) is 9.67 Å². The van der Waals surface area contributed by atoms with Gasteiger partial charge in [0.2, 0.25) is 0 Å². The first kappa shape index (κ1) is 23.4. The van der Waals surface area contributed by atoms with E-state index in [0.717, 1.165) is 50.1 Å². The molecule has 3 rings (SSSR count). The highest BCUT2D eigenvalue weighted by Crippen LogP contribution is 2.40. The van der Waals surface area contributed by atoms with Crippen molar-refractivity contribution in [1.82, 2.24) is 25.4 Å². The number of ether oxygens (including phenoxy) is 2. The first-order chi connectivity index (χ1) is 13.6. The first-order valence-corrected chi connectivity index (χ1v) is 9.58. The molecule has 0 amide bonds. The van der Waals surface area contributed by atoms with E-state index in [1.807, 2.05) is 7.05 Å². The minimum atomic E-state index is -0.0714. The summed E-state index contributed by atoms with van der Waals surface area (Å²) >= 11 is 0. The molecular weight excluding hydrogens is 483 g/mol. The number of aliphatic imine (C=N–C) groups is 1. The number of methoxy groups -OCH3 is 1. The van der Waals surface area contributed by atoms with Crippen molar-refractivity contribution in [1.29, 1.82) is 0 Å². The quantitative estimate of drug-likeness (QED) is 0.349. The lowest BCUT2D eigenvalue weighted by atomic mass is 9.73. The first-order valence-electron chi connectivity index (χ1n) is 9.58. The molecule has 9 heteroatoms. The molecule has 1 saturated heterocycles. The summed E-state index contributed by atoms with van der Waals surface area (Å²) in [6.07, 6.45) is 3.41. The van der Waals surface area contributed by atoms with Crippen molar-refractivity contribution < 1.29 is 9.47 Å². The minimum absolute atomic E-state index is 0. The van der Waals surface area contributed by atoms with E-state index in [9.17, 15) is 0 Å². The Morgan fingerprint density at radius 2 is 2.07 bits per heavy atom. The molecule has 1 fully saturated rings. The summed E-state index contributed by atoms with van der Waals surface area (Å²) in [6.45, 7) is 4.90. The molecule has 2 heterocycles. The molecule has 0 saturated carbocycles. The summed E-state index contributed by atoms with van der Waals surface area (Å²) in [5, 5.41) is 10.9. The molecule has 2 N–H and O–H groups in total. The van der Waals surface area contributed by atoms with Gasteiger partial charge in [0.1, 0.15) is 17.9 Å². The number of benzene rings is 1. The molecule has 0 unspecified atom stereocenters. The maximum atomic E-state index is 5.69. The molecule has 0 aliphatic carbocycles. The Morgan fingerprint density at radius 3 is 2.69 bits per heavy atom. The SMILES string of the molecule is CN=C(NCc1ncnn1C)NCC1(c2cc(C)ccc2OC)CCOCC1.I.